The topological polar surface area (TPSA) is 60.6 Å². The van der Waals surface area contributed by atoms with Crippen LogP contribution in [0.4, 0.5) is 17.1 Å². The van der Waals surface area contributed by atoms with E-state index in [1.54, 1.807) is 6.07 Å². The van der Waals surface area contributed by atoms with Gasteiger partial charge in [-0.2, -0.15) is 13.0 Å². The van der Waals surface area contributed by atoms with E-state index in [1.165, 1.54) is 50.1 Å². The highest BCUT2D eigenvalue weighted by atomic mass is 32.2. The number of rotatable bonds is 3. The van der Waals surface area contributed by atoms with Crippen molar-refractivity contribution < 1.29 is 17.5 Å². The lowest BCUT2D eigenvalue weighted by atomic mass is 9.76. The highest BCUT2D eigenvalue weighted by Gasteiger charge is 2.46. The molecule has 0 spiro atoms. The molecule has 2 unspecified atom stereocenters. The zero-order valence-electron chi connectivity index (χ0n) is 25.9. The normalized spacial score (nSPS) is 22.8. The molecule has 4 aliphatic rings. The van der Waals surface area contributed by atoms with Crippen LogP contribution in [0, 0.1) is 12.8 Å². The molecule has 226 valence electrons. The van der Waals surface area contributed by atoms with Gasteiger partial charge in [-0.1, -0.05) is 72.9 Å². The highest BCUT2D eigenvalue weighted by molar-refractivity contribution is 7.85. The maximum atomic E-state index is 11.8. The predicted molar refractivity (Wildman–Crippen MR) is 184 cm³/mol. The summed E-state index contributed by atoms with van der Waals surface area (Å²) >= 11 is 0. The fourth-order valence-electron chi connectivity index (χ4n) is 8.25. The van der Waals surface area contributed by atoms with Gasteiger partial charge in [0.1, 0.15) is 8.07 Å². The van der Waals surface area contributed by atoms with Crippen LogP contribution in [0.1, 0.15) is 33.7 Å². The van der Waals surface area contributed by atoms with Gasteiger partial charge < -0.3 is 4.90 Å². The summed E-state index contributed by atoms with van der Waals surface area (Å²) in [7, 11) is -6.37. The largest absolute Gasteiger partial charge is 0.341 e. The van der Waals surface area contributed by atoms with Crippen LogP contribution in [0.2, 0.25) is 13.1 Å². The first-order valence-corrected chi connectivity index (χ1v) is 20.3. The Balaban J connectivity index is 1.29. The Labute approximate surface area is 266 Å². The van der Waals surface area contributed by atoms with Gasteiger partial charge in [-0.25, -0.2) is 0 Å². The third-order valence-electron chi connectivity index (χ3n) is 10.5. The summed E-state index contributed by atoms with van der Waals surface area (Å²) < 4.78 is 35.5. The number of para-hydroxylation sites is 1. The minimum absolute atomic E-state index is 0.0411. The Morgan fingerprint density at radius 1 is 0.889 bits per heavy atom. The second-order valence-electron chi connectivity index (χ2n) is 13.3. The lowest BCUT2D eigenvalue weighted by Gasteiger charge is -2.45. The van der Waals surface area contributed by atoms with E-state index in [2.05, 4.69) is 114 Å². The van der Waals surface area contributed by atoms with Gasteiger partial charge in [0.2, 0.25) is 11.4 Å². The van der Waals surface area contributed by atoms with Crippen LogP contribution in [0.5, 0.6) is 0 Å². The van der Waals surface area contributed by atoms with Crippen molar-refractivity contribution in [2.75, 3.05) is 18.0 Å². The summed E-state index contributed by atoms with van der Waals surface area (Å²) in [6, 6.07) is 29.9. The van der Waals surface area contributed by atoms with Crippen molar-refractivity contribution in [2.45, 2.75) is 43.7 Å². The van der Waals surface area contributed by atoms with Gasteiger partial charge >= 0.3 is 0 Å². The molecule has 4 aromatic carbocycles. The maximum absolute atomic E-state index is 11.8. The fraction of sp³-hybridized carbons (Fsp3) is 0.237. The molecule has 0 fully saturated rings. The number of benzene rings is 4. The standard InChI is InChI=1S/C38H36N2O3SSi/c1-25-8-4-6-10-31(25)38-32-15-12-28(39-20-18-26-9-5-7-11-34(26)39)23-36(32)45(2,3)37-24-29(13-16-33(37)38)40-21-19-27-22-30(44(41,42)43)14-17-35(27)40/h4-17,22-24,33,38H,18-21H2,1-3H3/p+1. The van der Waals surface area contributed by atoms with Gasteiger partial charge in [-0.3, -0.25) is 4.55 Å². The van der Waals surface area contributed by atoms with Crippen molar-refractivity contribution in [2.24, 2.45) is 5.92 Å². The van der Waals surface area contributed by atoms with Gasteiger partial charge in [-0.05, 0) is 71.1 Å². The van der Waals surface area contributed by atoms with E-state index in [0.717, 1.165) is 42.9 Å². The molecule has 0 saturated heterocycles. The molecular weight excluding hydrogens is 593 g/mol. The van der Waals surface area contributed by atoms with Crippen molar-refractivity contribution in [1.29, 1.82) is 0 Å². The summed E-state index contributed by atoms with van der Waals surface area (Å²) in [5.74, 6) is 0.500. The van der Waals surface area contributed by atoms with E-state index in [9.17, 15) is 13.0 Å². The van der Waals surface area contributed by atoms with E-state index in [-0.39, 0.29) is 16.7 Å². The van der Waals surface area contributed by atoms with Crippen molar-refractivity contribution in [3.8, 4) is 0 Å². The molecule has 1 aliphatic carbocycles. The van der Waals surface area contributed by atoms with Gasteiger partial charge in [0.05, 0.1) is 4.90 Å². The third kappa shape index (κ3) is 4.51. The third-order valence-corrected chi connectivity index (χ3v) is 15.1. The number of allylic oxidation sites excluding steroid dienone is 4. The van der Waals surface area contributed by atoms with Crippen LogP contribution in [0.25, 0.3) is 0 Å². The second kappa shape index (κ2) is 10.2. The maximum Gasteiger partial charge on any atom is 0.294 e. The van der Waals surface area contributed by atoms with Crippen molar-refractivity contribution in [3.63, 3.8) is 0 Å². The zero-order valence-corrected chi connectivity index (χ0v) is 27.7. The van der Waals surface area contributed by atoms with Crippen LogP contribution >= 0.6 is 0 Å². The first kappa shape index (κ1) is 28.4. The summed E-state index contributed by atoms with van der Waals surface area (Å²) in [6.45, 7) is 9.02. The molecule has 2 atom stereocenters. The smallest absolute Gasteiger partial charge is 0.294 e. The highest BCUT2D eigenvalue weighted by Crippen LogP contribution is 2.48. The Hall–Kier alpha value is -4.04. The van der Waals surface area contributed by atoms with E-state index in [4.69, 9.17) is 0 Å². The van der Waals surface area contributed by atoms with Crippen LogP contribution < -0.4 is 10.1 Å². The average Bonchev–Trinajstić information content (AvgIpc) is 3.66. The lowest BCUT2D eigenvalue weighted by Crippen LogP contribution is -2.54. The summed E-state index contributed by atoms with van der Waals surface area (Å²) in [5, 5.41) is 3.04. The summed E-state index contributed by atoms with van der Waals surface area (Å²) in [5.41, 5.74) is 11.3. The monoisotopic (exact) mass is 629 g/mol. The molecule has 0 amide bonds. The number of nitrogens with zero attached hydrogens (tertiary/aromatic N) is 2. The first-order valence-electron chi connectivity index (χ1n) is 15.8. The van der Waals surface area contributed by atoms with Crippen molar-refractivity contribution >= 4 is 46.2 Å². The molecule has 0 aromatic heterocycles. The molecule has 0 radical (unpaired) electrons. The second-order valence-corrected chi connectivity index (χ2v) is 19.1. The Bertz CT molecular complexity index is 2110. The van der Waals surface area contributed by atoms with Crippen LogP contribution in [0.3, 0.4) is 0 Å². The molecule has 0 saturated carbocycles. The summed E-state index contributed by atoms with van der Waals surface area (Å²) in [6.07, 6.45) is 8.96. The first-order chi connectivity index (χ1) is 21.6. The zero-order chi connectivity index (χ0) is 31.1. The van der Waals surface area contributed by atoms with Crippen molar-refractivity contribution in [1.82, 2.24) is 0 Å². The minimum atomic E-state index is -4.24. The molecule has 4 aromatic rings. The number of anilines is 2. The Kier molecular flexibility index (Phi) is 6.47. The van der Waals surface area contributed by atoms with E-state index in [0.29, 0.717) is 0 Å². The van der Waals surface area contributed by atoms with E-state index < -0.39 is 18.2 Å². The minimum Gasteiger partial charge on any atom is -0.341 e. The molecule has 45 heavy (non-hydrogen) atoms. The molecule has 3 aliphatic heterocycles. The number of fused-ring (bicyclic) bond motifs is 4. The van der Waals surface area contributed by atoms with Gasteiger partial charge in [0, 0.05) is 60.0 Å². The number of hydrogen-bond donors (Lipinski definition) is 1. The number of aryl methyl sites for hydroxylation is 1. The van der Waals surface area contributed by atoms with Gasteiger partial charge in [0.15, 0.2) is 6.54 Å². The van der Waals surface area contributed by atoms with E-state index in [1.807, 2.05) is 6.07 Å². The molecule has 3 heterocycles. The molecule has 7 heteroatoms. The van der Waals surface area contributed by atoms with Crippen LogP contribution in [0.15, 0.2) is 113 Å². The molecule has 5 nitrogen and oxygen atoms in total. The molecule has 8 rings (SSSR count). The van der Waals surface area contributed by atoms with Gasteiger partial charge in [0.25, 0.3) is 10.1 Å². The van der Waals surface area contributed by atoms with Crippen LogP contribution in [-0.4, -0.2) is 44.4 Å². The average molecular weight is 630 g/mol. The van der Waals surface area contributed by atoms with Gasteiger partial charge in [-0.15, -0.1) is 0 Å². The van der Waals surface area contributed by atoms with Crippen molar-refractivity contribution in [3.05, 3.63) is 136 Å². The lowest BCUT2D eigenvalue weighted by molar-refractivity contribution is -0.427. The predicted octanol–water partition coefficient (Wildman–Crippen LogP) is 6.99. The Morgan fingerprint density at radius 3 is 2.51 bits per heavy atom. The quantitative estimate of drug-likeness (QED) is 0.151. The molecular formula is C38H37N2O3SSi+. The Morgan fingerprint density at radius 2 is 1.69 bits per heavy atom. The molecule has 0 bridgehead atoms. The van der Waals surface area contributed by atoms with Crippen LogP contribution in [-0.2, 0) is 23.0 Å². The molecule has 1 N–H and O–H groups in total. The summed E-state index contributed by atoms with van der Waals surface area (Å²) in [4.78, 5) is 2.45. The fourth-order valence-corrected chi connectivity index (χ4v) is 12.2. The number of hydrogen-bond acceptors (Lipinski definition) is 3. The SMILES string of the molecule is Cc1ccccc1C1c2ccc(N3CCc4ccccc43)cc2[Si](C)(C)C2=CC(=[N+]3CCc4cc(S(=O)(=O)O)ccc43)C=CC21. The van der Waals surface area contributed by atoms with E-state index >= 15 is 0 Å².